The first-order chi connectivity index (χ1) is 9.25. The monoisotopic (exact) mass is 295 g/mol. The Bertz CT molecular complexity index is 614. The zero-order chi connectivity index (χ0) is 15.3. The lowest BCUT2D eigenvalue weighted by Gasteiger charge is -2.25. The van der Waals surface area contributed by atoms with Gasteiger partial charge in [0.15, 0.2) is 9.84 Å². The Morgan fingerprint density at radius 3 is 2.35 bits per heavy atom. The molecule has 1 atom stereocenters. The molecule has 1 aromatic rings. The summed E-state index contributed by atoms with van der Waals surface area (Å²) in [7, 11) is -3.23. The third-order valence-electron chi connectivity index (χ3n) is 2.97. The molecular formula is C14H17NO4S. The van der Waals surface area contributed by atoms with Crippen molar-refractivity contribution in [2.24, 2.45) is 0 Å². The minimum atomic E-state index is -3.23. The number of rotatable bonds is 6. The Morgan fingerprint density at radius 2 is 1.95 bits per heavy atom. The van der Waals surface area contributed by atoms with Crippen LogP contribution in [0.1, 0.15) is 18.5 Å². The summed E-state index contributed by atoms with van der Waals surface area (Å²) < 4.78 is 22.8. The summed E-state index contributed by atoms with van der Waals surface area (Å²) >= 11 is 0. The summed E-state index contributed by atoms with van der Waals surface area (Å²) in [5.41, 5.74) is 0.814. The zero-order valence-corrected chi connectivity index (χ0v) is 12.2. The van der Waals surface area contributed by atoms with Crippen LogP contribution >= 0.6 is 0 Å². The molecule has 20 heavy (non-hydrogen) atoms. The van der Waals surface area contributed by atoms with E-state index in [0.29, 0.717) is 0 Å². The number of hydrogen-bond acceptors (Lipinski definition) is 4. The van der Waals surface area contributed by atoms with Crippen molar-refractivity contribution < 1.29 is 18.3 Å². The number of terminal acetylenes is 1. The lowest BCUT2D eigenvalue weighted by Crippen LogP contribution is -2.32. The van der Waals surface area contributed by atoms with E-state index >= 15 is 0 Å². The highest BCUT2D eigenvalue weighted by molar-refractivity contribution is 7.90. The molecule has 1 rings (SSSR count). The van der Waals surface area contributed by atoms with Gasteiger partial charge in [0.1, 0.15) is 0 Å². The van der Waals surface area contributed by atoms with Gasteiger partial charge < -0.3 is 5.11 Å². The van der Waals surface area contributed by atoms with E-state index in [1.165, 1.54) is 12.1 Å². The summed E-state index contributed by atoms with van der Waals surface area (Å²) in [6, 6.07) is 6.15. The molecule has 108 valence electrons. The number of nitrogens with zero attached hydrogens (tertiary/aromatic N) is 1. The van der Waals surface area contributed by atoms with Crippen molar-refractivity contribution in [2.75, 3.05) is 19.3 Å². The highest BCUT2D eigenvalue weighted by atomic mass is 32.2. The number of aliphatic carboxylic acids is 1. The highest BCUT2D eigenvalue weighted by Crippen LogP contribution is 2.21. The molecule has 0 spiro atoms. The minimum absolute atomic E-state index is 0.167. The second kappa shape index (κ2) is 6.55. The summed E-state index contributed by atoms with van der Waals surface area (Å²) in [5, 5.41) is 8.87. The first-order valence-corrected chi connectivity index (χ1v) is 7.84. The van der Waals surface area contributed by atoms with Crippen molar-refractivity contribution in [3.63, 3.8) is 0 Å². The number of benzene rings is 1. The maximum atomic E-state index is 11.4. The molecule has 0 aromatic heterocycles. The van der Waals surface area contributed by atoms with Gasteiger partial charge in [0.25, 0.3) is 0 Å². The molecule has 0 amide bonds. The predicted octanol–water partition coefficient (Wildman–Crippen LogP) is 1.17. The fourth-order valence-electron chi connectivity index (χ4n) is 1.83. The Kier molecular flexibility index (Phi) is 5.31. The van der Waals surface area contributed by atoms with Crippen LogP contribution in [-0.2, 0) is 14.6 Å². The Morgan fingerprint density at radius 1 is 1.40 bits per heavy atom. The van der Waals surface area contributed by atoms with Crippen LogP contribution in [0.15, 0.2) is 29.2 Å². The van der Waals surface area contributed by atoms with Crippen LogP contribution < -0.4 is 0 Å². The molecular weight excluding hydrogens is 278 g/mol. The molecule has 0 fully saturated rings. The van der Waals surface area contributed by atoms with Crippen molar-refractivity contribution in [1.29, 1.82) is 0 Å². The molecule has 0 heterocycles. The minimum Gasteiger partial charge on any atom is -0.480 e. The average Bonchev–Trinajstić information content (AvgIpc) is 2.36. The van der Waals surface area contributed by atoms with Gasteiger partial charge in [-0.2, -0.15) is 0 Å². The molecule has 1 unspecified atom stereocenters. The summed E-state index contributed by atoms with van der Waals surface area (Å²) in [4.78, 5) is 12.7. The molecule has 6 heteroatoms. The van der Waals surface area contributed by atoms with Gasteiger partial charge in [0.2, 0.25) is 0 Å². The molecule has 0 aliphatic rings. The largest absolute Gasteiger partial charge is 0.480 e. The maximum absolute atomic E-state index is 11.4. The fraction of sp³-hybridized carbons (Fsp3) is 0.357. The van der Waals surface area contributed by atoms with E-state index < -0.39 is 15.8 Å². The average molecular weight is 295 g/mol. The van der Waals surface area contributed by atoms with Gasteiger partial charge in [-0.25, -0.2) is 8.42 Å². The molecule has 0 radical (unpaired) electrons. The van der Waals surface area contributed by atoms with Crippen LogP contribution in [0.2, 0.25) is 0 Å². The smallest absolute Gasteiger partial charge is 0.317 e. The zero-order valence-electron chi connectivity index (χ0n) is 11.4. The molecule has 1 N–H and O–H groups in total. The van der Waals surface area contributed by atoms with E-state index in [1.54, 1.807) is 17.0 Å². The van der Waals surface area contributed by atoms with Gasteiger partial charge in [-0.15, -0.1) is 6.42 Å². The Hall–Kier alpha value is -1.84. The van der Waals surface area contributed by atoms with Crippen LogP contribution in [0.25, 0.3) is 0 Å². The van der Waals surface area contributed by atoms with Gasteiger partial charge in [-0.3, -0.25) is 9.69 Å². The lowest BCUT2D eigenvalue weighted by molar-refractivity contribution is -0.138. The third kappa shape index (κ3) is 4.37. The summed E-state index contributed by atoms with van der Waals surface area (Å²) in [6.45, 7) is 1.87. The van der Waals surface area contributed by atoms with E-state index in [2.05, 4.69) is 5.92 Å². The third-order valence-corrected chi connectivity index (χ3v) is 4.10. The standard InChI is InChI=1S/C14H17NO4S/c1-4-9-15(10-14(16)17)11(2)12-5-7-13(8-6-12)20(3,18)19/h1,5-8,11H,9-10H2,2-3H3,(H,16,17). The van der Waals surface area contributed by atoms with Crippen molar-refractivity contribution in [2.45, 2.75) is 17.9 Å². The summed E-state index contributed by atoms with van der Waals surface area (Å²) in [5.74, 6) is 1.47. The fourth-order valence-corrected chi connectivity index (χ4v) is 2.46. The SMILES string of the molecule is C#CCN(CC(=O)O)C(C)c1ccc(S(C)(=O)=O)cc1. The number of sulfone groups is 1. The van der Waals surface area contributed by atoms with Gasteiger partial charge >= 0.3 is 5.97 Å². The van der Waals surface area contributed by atoms with Crippen LogP contribution in [-0.4, -0.2) is 43.7 Å². The molecule has 1 aromatic carbocycles. The normalized spacial score (nSPS) is 12.9. The Labute approximate surface area is 119 Å². The Balaban J connectivity index is 2.98. The molecule has 0 bridgehead atoms. The van der Waals surface area contributed by atoms with Crippen molar-refractivity contribution >= 4 is 15.8 Å². The number of hydrogen-bond donors (Lipinski definition) is 1. The topological polar surface area (TPSA) is 74.7 Å². The second-order valence-electron chi connectivity index (χ2n) is 4.52. The number of carbonyl (C=O) groups is 1. The highest BCUT2D eigenvalue weighted by Gasteiger charge is 2.18. The predicted molar refractivity (Wildman–Crippen MR) is 76.0 cm³/mol. The van der Waals surface area contributed by atoms with E-state index in [-0.39, 0.29) is 24.0 Å². The van der Waals surface area contributed by atoms with Gasteiger partial charge in [0, 0.05) is 12.3 Å². The first-order valence-electron chi connectivity index (χ1n) is 5.95. The number of carboxylic acid groups (broad SMARTS) is 1. The van der Waals surface area contributed by atoms with Crippen molar-refractivity contribution in [3.8, 4) is 12.3 Å². The summed E-state index contributed by atoms with van der Waals surface area (Å²) in [6.07, 6.45) is 6.38. The quantitative estimate of drug-likeness (QED) is 0.797. The van der Waals surface area contributed by atoms with Crippen molar-refractivity contribution in [1.82, 2.24) is 4.90 Å². The van der Waals surface area contributed by atoms with Gasteiger partial charge in [0.05, 0.1) is 18.0 Å². The van der Waals surface area contributed by atoms with Crippen molar-refractivity contribution in [3.05, 3.63) is 29.8 Å². The van der Waals surface area contributed by atoms with E-state index in [1.807, 2.05) is 6.92 Å². The molecule has 0 saturated carbocycles. The number of carboxylic acids is 1. The van der Waals surface area contributed by atoms with E-state index in [9.17, 15) is 13.2 Å². The molecule has 0 aliphatic heterocycles. The van der Waals surface area contributed by atoms with E-state index in [4.69, 9.17) is 11.5 Å². The van der Waals surface area contributed by atoms with Crippen LogP contribution in [0.3, 0.4) is 0 Å². The van der Waals surface area contributed by atoms with Crippen LogP contribution in [0, 0.1) is 12.3 Å². The molecule has 5 nitrogen and oxygen atoms in total. The van der Waals surface area contributed by atoms with Gasteiger partial charge in [-0.05, 0) is 24.6 Å². The maximum Gasteiger partial charge on any atom is 0.317 e. The van der Waals surface area contributed by atoms with Crippen LogP contribution in [0.5, 0.6) is 0 Å². The first kappa shape index (κ1) is 16.2. The lowest BCUT2D eigenvalue weighted by atomic mass is 10.1. The van der Waals surface area contributed by atoms with Crippen LogP contribution in [0.4, 0.5) is 0 Å². The van der Waals surface area contributed by atoms with Gasteiger partial charge in [-0.1, -0.05) is 18.1 Å². The molecule has 0 saturated heterocycles. The molecule has 0 aliphatic carbocycles. The second-order valence-corrected chi connectivity index (χ2v) is 6.54. The van der Waals surface area contributed by atoms with E-state index in [0.717, 1.165) is 11.8 Å².